The zero-order valence-corrected chi connectivity index (χ0v) is 9.47. The van der Waals surface area contributed by atoms with Crippen molar-refractivity contribution in [1.82, 2.24) is 4.90 Å². The van der Waals surface area contributed by atoms with E-state index in [0.29, 0.717) is 0 Å². The number of allylic oxidation sites excluding steroid dienone is 1. The van der Waals surface area contributed by atoms with E-state index < -0.39 is 5.60 Å². The average Bonchev–Trinajstić information content (AvgIpc) is 2.34. The van der Waals surface area contributed by atoms with E-state index in [-0.39, 0.29) is 0 Å². The van der Waals surface area contributed by atoms with Gasteiger partial charge in [0.1, 0.15) is 0 Å². The molecule has 1 N–H and O–H groups in total. The molecule has 0 spiro atoms. The number of hydrogen-bond acceptors (Lipinski definition) is 2. The van der Waals surface area contributed by atoms with Crippen LogP contribution >= 0.6 is 0 Å². The van der Waals surface area contributed by atoms with E-state index in [1.54, 1.807) is 6.08 Å². The summed E-state index contributed by atoms with van der Waals surface area (Å²) in [6, 6.07) is 9.96. The Balaban J connectivity index is 2.07. The van der Waals surface area contributed by atoms with Crippen LogP contribution in [-0.4, -0.2) is 23.1 Å². The monoisotopic (exact) mass is 216 g/mol. The molecule has 16 heavy (non-hydrogen) atoms. The van der Waals surface area contributed by atoms with Gasteiger partial charge in [0.2, 0.25) is 0 Å². The average molecular weight is 216 g/mol. The highest BCUT2D eigenvalue weighted by Crippen LogP contribution is 2.32. The lowest BCUT2D eigenvalue weighted by Crippen LogP contribution is -2.40. The van der Waals surface area contributed by atoms with Crippen molar-refractivity contribution in [1.29, 1.82) is 0 Å². The number of benzene rings is 1. The summed E-state index contributed by atoms with van der Waals surface area (Å²) in [5.41, 5.74) is 0.389. The molecular weight excluding hydrogens is 198 g/mol. The lowest BCUT2D eigenvalue weighted by Gasteiger charge is -2.38. The van der Waals surface area contributed by atoms with Crippen molar-refractivity contribution in [2.45, 2.75) is 18.4 Å². The van der Waals surface area contributed by atoms with Crippen molar-refractivity contribution in [2.75, 3.05) is 13.1 Å². The molecule has 1 aliphatic rings. The van der Waals surface area contributed by atoms with E-state index in [0.717, 1.165) is 31.5 Å². The van der Waals surface area contributed by atoms with Crippen LogP contribution in [0.2, 0.25) is 0 Å². The molecule has 0 saturated carbocycles. The van der Waals surface area contributed by atoms with Gasteiger partial charge in [0.15, 0.2) is 0 Å². The lowest BCUT2D eigenvalue weighted by molar-refractivity contribution is -0.0161. The molecule has 1 fully saturated rings. The van der Waals surface area contributed by atoms with Crippen molar-refractivity contribution in [3.8, 4) is 0 Å². The van der Waals surface area contributed by atoms with Gasteiger partial charge in [-0.25, -0.2) is 0 Å². The largest absolute Gasteiger partial charge is 0.385 e. The van der Waals surface area contributed by atoms with Crippen LogP contribution in [0.1, 0.15) is 18.4 Å². The quantitative estimate of drug-likeness (QED) is 0.820. The second kappa shape index (κ2) is 4.71. The number of nitrogens with zero attached hydrogens (tertiary/aromatic N) is 1. The first-order valence-corrected chi connectivity index (χ1v) is 5.72. The van der Waals surface area contributed by atoms with Gasteiger partial charge in [0.25, 0.3) is 0 Å². The van der Waals surface area contributed by atoms with E-state index >= 15 is 0 Å². The molecule has 0 aromatic heterocycles. The summed E-state index contributed by atoms with van der Waals surface area (Å²) in [5.74, 6) is 0. The molecule has 2 heteroatoms. The molecule has 1 aliphatic heterocycles. The SMILES string of the molecule is [CH2]C=CN1CCC(O)(c2ccccc2)CC1. The first kappa shape index (κ1) is 11.2. The Morgan fingerprint density at radius 3 is 2.38 bits per heavy atom. The van der Waals surface area contributed by atoms with Crippen LogP contribution < -0.4 is 0 Å². The fraction of sp³-hybridized carbons (Fsp3) is 0.357. The molecule has 2 nitrogen and oxygen atoms in total. The van der Waals surface area contributed by atoms with Crippen LogP contribution in [0.3, 0.4) is 0 Å². The fourth-order valence-electron chi connectivity index (χ4n) is 2.23. The van der Waals surface area contributed by atoms with Crippen LogP contribution in [0.15, 0.2) is 42.6 Å². The van der Waals surface area contributed by atoms with Crippen molar-refractivity contribution < 1.29 is 5.11 Å². The lowest BCUT2D eigenvalue weighted by atomic mass is 9.84. The molecule has 0 bridgehead atoms. The summed E-state index contributed by atoms with van der Waals surface area (Å²) in [6.07, 6.45) is 5.35. The number of piperidine rings is 1. The fourth-order valence-corrected chi connectivity index (χ4v) is 2.23. The normalized spacial score (nSPS) is 20.2. The van der Waals surface area contributed by atoms with Crippen molar-refractivity contribution >= 4 is 0 Å². The maximum Gasteiger partial charge on any atom is 0.0930 e. The van der Waals surface area contributed by atoms with Gasteiger partial charge in [-0.2, -0.15) is 0 Å². The molecule has 0 aliphatic carbocycles. The van der Waals surface area contributed by atoms with Gasteiger partial charge in [0, 0.05) is 13.1 Å². The summed E-state index contributed by atoms with van der Waals surface area (Å²) < 4.78 is 0. The van der Waals surface area contributed by atoms with Crippen LogP contribution in [0, 0.1) is 6.92 Å². The first-order valence-electron chi connectivity index (χ1n) is 5.72. The van der Waals surface area contributed by atoms with Gasteiger partial charge in [-0.3, -0.25) is 0 Å². The number of likely N-dealkylation sites (tertiary alicyclic amines) is 1. The molecule has 0 amide bonds. The zero-order chi connectivity index (χ0) is 11.4. The van der Waals surface area contributed by atoms with Crippen molar-refractivity contribution in [3.63, 3.8) is 0 Å². The second-order valence-corrected chi connectivity index (χ2v) is 4.32. The van der Waals surface area contributed by atoms with Gasteiger partial charge >= 0.3 is 0 Å². The molecule has 1 heterocycles. The highest BCUT2D eigenvalue weighted by atomic mass is 16.3. The molecule has 85 valence electrons. The van der Waals surface area contributed by atoms with E-state index in [2.05, 4.69) is 11.8 Å². The van der Waals surface area contributed by atoms with Crippen LogP contribution in [0.4, 0.5) is 0 Å². The Bertz CT molecular complexity index is 350. The summed E-state index contributed by atoms with van der Waals surface area (Å²) in [5, 5.41) is 10.6. The highest BCUT2D eigenvalue weighted by Gasteiger charge is 2.32. The third-order valence-corrected chi connectivity index (χ3v) is 3.25. The predicted molar refractivity (Wildman–Crippen MR) is 65.6 cm³/mol. The molecule has 2 rings (SSSR count). The van der Waals surface area contributed by atoms with Gasteiger partial charge in [-0.05, 0) is 31.5 Å². The molecule has 1 radical (unpaired) electrons. The van der Waals surface area contributed by atoms with Gasteiger partial charge < -0.3 is 10.0 Å². The number of aliphatic hydroxyl groups is 1. The maximum absolute atomic E-state index is 10.6. The minimum absolute atomic E-state index is 0.646. The van der Waals surface area contributed by atoms with Gasteiger partial charge in [-0.15, -0.1) is 0 Å². The zero-order valence-electron chi connectivity index (χ0n) is 9.47. The summed E-state index contributed by atoms with van der Waals surface area (Å²) in [7, 11) is 0. The third kappa shape index (κ3) is 2.27. The molecular formula is C14H18NO. The van der Waals surface area contributed by atoms with Crippen molar-refractivity contribution in [2.24, 2.45) is 0 Å². The Labute approximate surface area is 97.2 Å². The summed E-state index contributed by atoms with van der Waals surface area (Å²) in [4.78, 5) is 2.20. The number of hydrogen-bond donors (Lipinski definition) is 1. The van der Waals surface area contributed by atoms with Gasteiger partial charge in [-0.1, -0.05) is 36.4 Å². The minimum Gasteiger partial charge on any atom is -0.385 e. The van der Waals surface area contributed by atoms with Crippen LogP contribution in [0.5, 0.6) is 0 Å². The topological polar surface area (TPSA) is 23.5 Å². The smallest absolute Gasteiger partial charge is 0.0930 e. The molecule has 1 aromatic rings. The maximum atomic E-state index is 10.6. The Hall–Kier alpha value is -1.28. The van der Waals surface area contributed by atoms with Crippen LogP contribution in [-0.2, 0) is 5.60 Å². The highest BCUT2D eigenvalue weighted by molar-refractivity contribution is 5.23. The van der Waals surface area contributed by atoms with Crippen LogP contribution in [0.25, 0.3) is 0 Å². The summed E-state index contributed by atoms with van der Waals surface area (Å²) >= 11 is 0. The molecule has 0 atom stereocenters. The van der Waals surface area contributed by atoms with Gasteiger partial charge in [0.05, 0.1) is 5.60 Å². The second-order valence-electron chi connectivity index (χ2n) is 4.32. The molecule has 1 aromatic carbocycles. The van der Waals surface area contributed by atoms with E-state index in [4.69, 9.17) is 0 Å². The molecule has 0 unspecified atom stereocenters. The molecule has 1 saturated heterocycles. The third-order valence-electron chi connectivity index (χ3n) is 3.25. The first-order chi connectivity index (χ1) is 7.74. The predicted octanol–water partition coefficient (Wildman–Crippen LogP) is 2.32. The Kier molecular flexibility index (Phi) is 3.30. The van der Waals surface area contributed by atoms with E-state index in [9.17, 15) is 5.11 Å². The minimum atomic E-state index is -0.646. The van der Waals surface area contributed by atoms with E-state index in [1.165, 1.54) is 0 Å². The van der Waals surface area contributed by atoms with E-state index in [1.807, 2.05) is 36.5 Å². The number of rotatable bonds is 2. The Morgan fingerprint density at radius 1 is 1.19 bits per heavy atom. The Morgan fingerprint density at radius 2 is 1.81 bits per heavy atom. The summed E-state index contributed by atoms with van der Waals surface area (Å²) in [6.45, 7) is 5.46. The standard InChI is InChI=1S/C14H18NO/c1-2-10-15-11-8-14(16,9-12-15)13-6-4-3-5-7-13/h2-7,10,16H,1,8-9,11-12H2. The van der Waals surface area contributed by atoms with Crippen molar-refractivity contribution in [3.05, 3.63) is 55.1 Å².